The number of hydrogen-bond acceptors (Lipinski definition) is 3. The summed E-state index contributed by atoms with van der Waals surface area (Å²) in [6.07, 6.45) is 3.42. The molecule has 10 heavy (non-hydrogen) atoms. The molecule has 3 nitrogen and oxygen atoms in total. The molecule has 3 heteroatoms. The number of nitrogens with one attached hydrogen (secondary N) is 1. The molecule has 0 aliphatic heterocycles. The molecule has 0 aliphatic carbocycles. The van der Waals surface area contributed by atoms with Crippen molar-refractivity contribution in [2.75, 3.05) is 0 Å². The molecule has 0 radical (unpaired) electrons. The van der Waals surface area contributed by atoms with E-state index in [4.69, 9.17) is 5.21 Å². The molecule has 0 spiro atoms. The highest BCUT2D eigenvalue weighted by Crippen LogP contribution is 2.07. The molecule has 54 valence electrons. The minimum absolute atomic E-state index is 0.0475. The van der Waals surface area contributed by atoms with E-state index in [9.17, 15) is 0 Å². The van der Waals surface area contributed by atoms with E-state index in [1.807, 2.05) is 19.1 Å². The molecule has 0 fully saturated rings. The molecule has 1 rings (SSSR count). The first-order chi connectivity index (χ1) is 4.84. The molecule has 0 saturated carbocycles. The van der Waals surface area contributed by atoms with Gasteiger partial charge in [-0.15, -0.1) is 0 Å². The highest BCUT2D eigenvalue weighted by Gasteiger charge is 2.00. The lowest BCUT2D eigenvalue weighted by Gasteiger charge is -2.06. The molecule has 1 aromatic rings. The van der Waals surface area contributed by atoms with Crippen LogP contribution in [0.15, 0.2) is 24.5 Å². The van der Waals surface area contributed by atoms with Crippen molar-refractivity contribution in [1.82, 2.24) is 10.5 Å². The summed E-state index contributed by atoms with van der Waals surface area (Å²) in [6, 6.07) is 3.69. The fourth-order valence-corrected chi connectivity index (χ4v) is 0.707. The van der Waals surface area contributed by atoms with E-state index >= 15 is 0 Å². The predicted octanol–water partition coefficient (Wildman–Crippen LogP) is 1.12. The molecule has 1 aromatic heterocycles. The Hall–Kier alpha value is -0.930. The Kier molecular flexibility index (Phi) is 2.36. The first-order valence-corrected chi connectivity index (χ1v) is 3.14. The summed E-state index contributed by atoms with van der Waals surface area (Å²) in [7, 11) is 0. The van der Waals surface area contributed by atoms with Crippen LogP contribution in [-0.4, -0.2) is 10.2 Å². The van der Waals surface area contributed by atoms with Crippen LogP contribution in [0, 0.1) is 0 Å². The van der Waals surface area contributed by atoms with Gasteiger partial charge in [0.15, 0.2) is 0 Å². The molecular weight excluding hydrogens is 128 g/mol. The molecule has 1 unspecified atom stereocenters. The second-order valence-corrected chi connectivity index (χ2v) is 2.14. The van der Waals surface area contributed by atoms with Gasteiger partial charge in [-0.1, -0.05) is 6.07 Å². The Bertz CT molecular complexity index is 188. The van der Waals surface area contributed by atoms with Gasteiger partial charge in [-0.25, -0.2) is 0 Å². The summed E-state index contributed by atoms with van der Waals surface area (Å²) in [5.41, 5.74) is 3.12. The van der Waals surface area contributed by atoms with Crippen LogP contribution in [0.25, 0.3) is 0 Å². The standard InChI is InChI=1S/C7H10N2O/c1-6(9-10)7-3-2-4-8-5-7/h2-6,9-10H,1H3. The van der Waals surface area contributed by atoms with Gasteiger partial charge in [0.25, 0.3) is 0 Å². The zero-order chi connectivity index (χ0) is 7.40. The molecule has 0 saturated heterocycles. The maximum absolute atomic E-state index is 8.51. The number of nitrogens with zero attached hydrogens (tertiary/aromatic N) is 1. The molecule has 0 amide bonds. The molecular formula is C7H10N2O. The topological polar surface area (TPSA) is 45.1 Å². The SMILES string of the molecule is CC(NO)c1cccnc1. The third kappa shape index (κ3) is 1.52. The average Bonchev–Trinajstić information content (AvgIpc) is 2.05. The second kappa shape index (κ2) is 3.29. The number of hydrogen-bond donors (Lipinski definition) is 2. The van der Waals surface area contributed by atoms with Crippen LogP contribution in [0.5, 0.6) is 0 Å². The van der Waals surface area contributed by atoms with Crippen molar-refractivity contribution in [2.24, 2.45) is 0 Å². The van der Waals surface area contributed by atoms with Gasteiger partial charge in [-0.05, 0) is 18.6 Å². The van der Waals surface area contributed by atoms with Crippen molar-refractivity contribution >= 4 is 0 Å². The third-order valence-electron chi connectivity index (χ3n) is 1.38. The maximum atomic E-state index is 8.51. The highest BCUT2D eigenvalue weighted by atomic mass is 16.5. The summed E-state index contributed by atoms with van der Waals surface area (Å²) < 4.78 is 0. The van der Waals surface area contributed by atoms with Gasteiger partial charge >= 0.3 is 0 Å². The lowest BCUT2D eigenvalue weighted by Crippen LogP contribution is -2.12. The number of aromatic nitrogens is 1. The molecule has 0 aromatic carbocycles. The number of pyridine rings is 1. The highest BCUT2D eigenvalue weighted by molar-refractivity contribution is 5.11. The number of rotatable bonds is 2. The Morgan fingerprint density at radius 1 is 1.70 bits per heavy atom. The smallest absolute Gasteiger partial charge is 0.0555 e. The van der Waals surface area contributed by atoms with Crippen molar-refractivity contribution in [3.63, 3.8) is 0 Å². The van der Waals surface area contributed by atoms with E-state index in [-0.39, 0.29) is 6.04 Å². The van der Waals surface area contributed by atoms with Gasteiger partial charge in [-0.2, -0.15) is 5.48 Å². The van der Waals surface area contributed by atoms with Gasteiger partial charge in [0.1, 0.15) is 0 Å². The van der Waals surface area contributed by atoms with Gasteiger partial charge < -0.3 is 5.21 Å². The zero-order valence-electron chi connectivity index (χ0n) is 5.78. The molecule has 2 N–H and O–H groups in total. The normalized spacial score (nSPS) is 13.0. The lowest BCUT2D eigenvalue weighted by atomic mass is 10.2. The molecule has 1 atom stereocenters. The fraction of sp³-hybridized carbons (Fsp3) is 0.286. The molecule has 0 aliphatic rings. The monoisotopic (exact) mass is 138 g/mol. The maximum Gasteiger partial charge on any atom is 0.0555 e. The van der Waals surface area contributed by atoms with Crippen LogP contribution in [-0.2, 0) is 0 Å². The lowest BCUT2D eigenvalue weighted by molar-refractivity contribution is 0.133. The van der Waals surface area contributed by atoms with Crippen LogP contribution >= 0.6 is 0 Å². The van der Waals surface area contributed by atoms with Crippen LogP contribution < -0.4 is 5.48 Å². The third-order valence-corrected chi connectivity index (χ3v) is 1.38. The first kappa shape index (κ1) is 7.18. The van der Waals surface area contributed by atoms with E-state index in [0.717, 1.165) is 5.56 Å². The average molecular weight is 138 g/mol. The number of hydroxylamine groups is 1. The van der Waals surface area contributed by atoms with Crippen LogP contribution in [0.1, 0.15) is 18.5 Å². The zero-order valence-corrected chi connectivity index (χ0v) is 5.78. The van der Waals surface area contributed by atoms with Crippen molar-refractivity contribution < 1.29 is 5.21 Å². The molecule has 0 bridgehead atoms. The Morgan fingerprint density at radius 2 is 2.50 bits per heavy atom. The van der Waals surface area contributed by atoms with Gasteiger partial charge in [0.05, 0.1) is 6.04 Å². The Balaban J connectivity index is 2.75. The van der Waals surface area contributed by atoms with Crippen LogP contribution in [0.3, 0.4) is 0 Å². The largest absolute Gasteiger partial charge is 0.316 e. The fourth-order valence-electron chi connectivity index (χ4n) is 0.707. The van der Waals surface area contributed by atoms with Gasteiger partial charge in [-0.3, -0.25) is 4.98 Å². The van der Waals surface area contributed by atoms with Crippen molar-refractivity contribution in [2.45, 2.75) is 13.0 Å². The van der Waals surface area contributed by atoms with E-state index in [1.54, 1.807) is 12.4 Å². The summed E-state index contributed by atoms with van der Waals surface area (Å²) >= 11 is 0. The summed E-state index contributed by atoms with van der Waals surface area (Å²) in [5.74, 6) is 0. The van der Waals surface area contributed by atoms with Gasteiger partial charge in [0, 0.05) is 12.4 Å². The minimum atomic E-state index is -0.0475. The summed E-state index contributed by atoms with van der Waals surface area (Å²) in [5, 5.41) is 8.51. The van der Waals surface area contributed by atoms with Crippen molar-refractivity contribution in [1.29, 1.82) is 0 Å². The van der Waals surface area contributed by atoms with Crippen molar-refractivity contribution in [3.8, 4) is 0 Å². The van der Waals surface area contributed by atoms with Crippen molar-refractivity contribution in [3.05, 3.63) is 30.1 Å². The summed E-state index contributed by atoms with van der Waals surface area (Å²) in [4.78, 5) is 3.90. The Morgan fingerprint density at radius 3 is 3.00 bits per heavy atom. The van der Waals surface area contributed by atoms with E-state index in [0.29, 0.717) is 0 Å². The van der Waals surface area contributed by atoms with E-state index < -0.39 is 0 Å². The molecule has 1 heterocycles. The minimum Gasteiger partial charge on any atom is -0.316 e. The predicted molar refractivity (Wildman–Crippen MR) is 37.6 cm³/mol. The van der Waals surface area contributed by atoms with Gasteiger partial charge in [0.2, 0.25) is 0 Å². The van der Waals surface area contributed by atoms with E-state index in [1.165, 1.54) is 0 Å². The van der Waals surface area contributed by atoms with Crippen LogP contribution in [0.4, 0.5) is 0 Å². The second-order valence-electron chi connectivity index (χ2n) is 2.14. The van der Waals surface area contributed by atoms with Crippen LogP contribution in [0.2, 0.25) is 0 Å². The van der Waals surface area contributed by atoms with E-state index in [2.05, 4.69) is 10.5 Å². The Labute approximate surface area is 59.7 Å². The first-order valence-electron chi connectivity index (χ1n) is 3.14. The quantitative estimate of drug-likeness (QED) is 0.602. The summed E-state index contributed by atoms with van der Waals surface area (Å²) in [6.45, 7) is 1.86.